The third kappa shape index (κ3) is 4.68. The molecule has 0 aliphatic rings. The van der Waals surface area contributed by atoms with Crippen molar-refractivity contribution in [2.24, 2.45) is 0 Å². The molecule has 0 radical (unpaired) electrons. The fourth-order valence-corrected chi connectivity index (χ4v) is 3.03. The summed E-state index contributed by atoms with van der Waals surface area (Å²) in [4.78, 5) is 0. The van der Waals surface area contributed by atoms with E-state index in [1.807, 2.05) is 24.3 Å². The molecule has 2 aromatic rings. The first-order chi connectivity index (χ1) is 10.1. The number of rotatable bonds is 6. The molecule has 0 saturated heterocycles. The van der Waals surface area contributed by atoms with Crippen LogP contribution in [0.2, 0.25) is 5.02 Å². The van der Waals surface area contributed by atoms with Crippen LogP contribution in [0, 0.1) is 0 Å². The second-order valence-electron chi connectivity index (χ2n) is 4.56. The minimum Gasteiger partial charge on any atom is -0.496 e. The summed E-state index contributed by atoms with van der Waals surface area (Å²) < 4.78 is 5.30. The molecule has 0 fully saturated rings. The van der Waals surface area contributed by atoms with Crippen LogP contribution in [0.15, 0.2) is 42.5 Å². The van der Waals surface area contributed by atoms with Crippen LogP contribution in [-0.4, -0.2) is 24.3 Å². The summed E-state index contributed by atoms with van der Waals surface area (Å²) in [7, 11) is 0.147. The number of thioether (sulfide) groups is 1. The third-order valence-corrected chi connectivity index (χ3v) is 4.35. The van der Waals surface area contributed by atoms with Gasteiger partial charge in [-0.15, -0.1) is 0 Å². The van der Waals surface area contributed by atoms with Gasteiger partial charge in [-0.05, 0) is 29.2 Å². The van der Waals surface area contributed by atoms with Gasteiger partial charge in [0.25, 0.3) is 0 Å². The molecule has 0 atom stereocenters. The lowest BCUT2D eigenvalue weighted by Gasteiger charge is -2.10. The van der Waals surface area contributed by atoms with Crippen molar-refractivity contribution in [1.29, 1.82) is 0 Å². The monoisotopic (exact) mass is 322 g/mol. The van der Waals surface area contributed by atoms with E-state index in [0.29, 0.717) is 5.46 Å². The highest BCUT2D eigenvalue weighted by Gasteiger charge is 2.13. The van der Waals surface area contributed by atoms with Crippen LogP contribution in [0.4, 0.5) is 0 Å². The Kier molecular flexibility index (Phi) is 6.00. The van der Waals surface area contributed by atoms with Gasteiger partial charge in [-0.1, -0.05) is 35.9 Å². The molecule has 0 saturated carbocycles. The smallest absolute Gasteiger partial charge is 0.488 e. The summed E-state index contributed by atoms with van der Waals surface area (Å²) in [6.45, 7) is 0. The number of ether oxygens (including phenoxy) is 1. The molecule has 0 aliphatic heterocycles. The molecule has 0 amide bonds. The Morgan fingerprint density at radius 2 is 1.81 bits per heavy atom. The predicted octanol–water partition coefficient (Wildman–Crippen LogP) is 2.46. The second kappa shape index (κ2) is 7.75. The lowest BCUT2D eigenvalue weighted by molar-refractivity contribution is 0.410. The molecular weight excluding hydrogens is 306 g/mol. The molecule has 3 nitrogen and oxygen atoms in total. The maximum Gasteiger partial charge on any atom is 0.488 e. The lowest BCUT2D eigenvalue weighted by Crippen LogP contribution is -2.30. The fourth-order valence-electron chi connectivity index (χ4n) is 1.93. The molecule has 0 heterocycles. The molecule has 0 bridgehead atoms. The minimum atomic E-state index is -1.46. The zero-order valence-electron chi connectivity index (χ0n) is 11.6. The van der Waals surface area contributed by atoms with E-state index in [4.69, 9.17) is 16.3 Å². The van der Waals surface area contributed by atoms with Crippen molar-refractivity contribution in [3.8, 4) is 5.75 Å². The Balaban J connectivity index is 2.01. The lowest BCUT2D eigenvalue weighted by atomic mass is 9.79. The Morgan fingerprint density at radius 3 is 2.43 bits per heavy atom. The van der Waals surface area contributed by atoms with Crippen LogP contribution >= 0.6 is 23.4 Å². The summed E-state index contributed by atoms with van der Waals surface area (Å²) in [5, 5.41) is 19.2. The topological polar surface area (TPSA) is 49.7 Å². The van der Waals surface area contributed by atoms with Crippen molar-refractivity contribution in [3.05, 3.63) is 58.6 Å². The zero-order valence-corrected chi connectivity index (χ0v) is 13.2. The first-order valence-corrected chi connectivity index (χ1v) is 7.98. The van der Waals surface area contributed by atoms with Gasteiger partial charge in [0.15, 0.2) is 0 Å². The Bertz CT molecular complexity index is 590. The van der Waals surface area contributed by atoms with E-state index >= 15 is 0 Å². The highest BCUT2D eigenvalue weighted by molar-refractivity contribution is 7.97. The van der Waals surface area contributed by atoms with Gasteiger partial charge in [-0.25, -0.2) is 0 Å². The van der Waals surface area contributed by atoms with Crippen molar-refractivity contribution in [1.82, 2.24) is 0 Å². The van der Waals surface area contributed by atoms with Gasteiger partial charge in [0.1, 0.15) is 5.75 Å². The van der Waals surface area contributed by atoms with Crippen molar-refractivity contribution in [2.45, 2.75) is 11.5 Å². The van der Waals surface area contributed by atoms with E-state index in [9.17, 15) is 10.0 Å². The fraction of sp³-hybridized carbons (Fsp3) is 0.200. The summed E-state index contributed by atoms with van der Waals surface area (Å²) in [6.07, 6.45) is 0. The number of hydrogen-bond acceptors (Lipinski definition) is 4. The van der Waals surface area contributed by atoms with Gasteiger partial charge in [0.05, 0.1) is 7.11 Å². The molecule has 0 unspecified atom stereocenters. The third-order valence-electron chi connectivity index (χ3n) is 3.04. The molecular formula is C15H16BClO3S. The summed E-state index contributed by atoms with van der Waals surface area (Å²) in [5.74, 6) is 2.33. The van der Waals surface area contributed by atoms with Crippen LogP contribution in [0.5, 0.6) is 5.75 Å². The standard InChI is InChI=1S/C15H16BClO3S/c1-20-15-7-4-13(16(18)19)8-12(15)10-21-9-11-2-5-14(17)6-3-11/h2-8,18-19H,9-10H2,1H3. The van der Waals surface area contributed by atoms with Gasteiger partial charge in [0.2, 0.25) is 0 Å². The Labute approximate surface area is 134 Å². The van der Waals surface area contributed by atoms with E-state index in [2.05, 4.69) is 0 Å². The number of benzene rings is 2. The molecule has 0 aliphatic carbocycles. The molecule has 2 N–H and O–H groups in total. The summed E-state index contributed by atoms with van der Waals surface area (Å²) in [5.41, 5.74) is 2.61. The maximum absolute atomic E-state index is 9.24. The highest BCUT2D eigenvalue weighted by atomic mass is 35.5. The van der Waals surface area contributed by atoms with Gasteiger partial charge in [-0.3, -0.25) is 0 Å². The highest BCUT2D eigenvalue weighted by Crippen LogP contribution is 2.24. The van der Waals surface area contributed by atoms with Gasteiger partial charge < -0.3 is 14.8 Å². The second-order valence-corrected chi connectivity index (χ2v) is 5.99. The maximum atomic E-state index is 9.24. The van der Waals surface area contributed by atoms with E-state index in [1.165, 1.54) is 5.56 Å². The van der Waals surface area contributed by atoms with Crippen LogP contribution in [0.3, 0.4) is 0 Å². The molecule has 0 spiro atoms. The van der Waals surface area contributed by atoms with Crippen molar-refractivity contribution in [2.75, 3.05) is 7.11 Å². The van der Waals surface area contributed by atoms with E-state index in [1.54, 1.807) is 37.1 Å². The largest absolute Gasteiger partial charge is 0.496 e. The zero-order chi connectivity index (χ0) is 15.2. The number of methoxy groups -OCH3 is 1. The summed E-state index contributed by atoms with van der Waals surface area (Å²) in [6, 6.07) is 12.9. The molecule has 2 rings (SSSR count). The minimum absolute atomic E-state index is 0.470. The number of hydrogen-bond donors (Lipinski definition) is 2. The quantitative estimate of drug-likeness (QED) is 0.802. The first-order valence-electron chi connectivity index (χ1n) is 6.45. The van der Waals surface area contributed by atoms with Crippen molar-refractivity contribution >= 4 is 35.9 Å². The Morgan fingerprint density at radius 1 is 1.10 bits per heavy atom. The first kappa shape index (κ1) is 16.2. The van der Waals surface area contributed by atoms with E-state index in [-0.39, 0.29) is 0 Å². The normalized spacial score (nSPS) is 10.5. The van der Waals surface area contributed by atoms with Crippen molar-refractivity contribution in [3.63, 3.8) is 0 Å². The predicted molar refractivity (Wildman–Crippen MR) is 89.3 cm³/mol. The van der Waals surface area contributed by atoms with Crippen LogP contribution in [-0.2, 0) is 11.5 Å². The van der Waals surface area contributed by atoms with Crippen LogP contribution in [0.25, 0.3) is 0 Å². The van der Waals surface area contributed by atoms with Gasteiger partial charge >= 0.3 is 7.12 Å². The molecule has 6 heteroatoms. The van der Waals surface area contributed by atoms with Crippen LogP contribution < -0.4 is 10.2 Å². The molecule has 0 aromatic heterocycles. The molecule has 110 valence electrons. The average Bonchev–Trinajstić information content (AvgIpc) is 2.49. The SMILES string of the molecule is COc1ccc(B(O)O)cc1CSCc1ccc(Cl)cc1. The Hall–Kier alpha value is -1.14. The van der Waals surface area contributed by atoms with E-state index in [0.717, 1.165) is 27.8 Å². The summed E-state index contributed by atoms with van der Waals surface area (Å²) >= 11 is 7.59. The number of halogens is 1. The molecule has 21 heavy (non-hydrogen) atoms. The van der Waals surface area contributed by atoms with Gasteiger partial charge in [0, 0.05) is 22.1 Å². The average molecular weight is 323 g/mol. The van der Waals surface area contributed by atoms with Crippen LogP contribution in [0.1, 0.15) is 11.1 Å². The van der Waals surface area contributed by atoms with E-state index < -0.39 is 7.12 Å². The van der Waals surface area contributed by atoms with Gasteiger partial charge in [-0.2, -0.15) is 11.8 Å². The molecule has 2 aromatic carbocycles. The van der Waals surface area contributed by atoms with Crippen molar-refractivity contribution < 1.29 is 14.8 Å².